The van der Waals surface area contributed by atoms with Gasteiger partial charge in [-0.1, -0.05) is 18.2 Å². The highest BCUT2D eigenvalue weighted by Crippen LogP contribution is 2.41. The van der Waals surface area contributed by atoms with Crippen molar-refractivity contribution < 1.29 is 28.5 Å². The van der Waals surface area contributed by atoms with Crippen LogP contribution in [0.4, 0.5) is 0 Å². The van der Waals surface area contributed by atoms with Crippen molar-refractivity contribution in [1.29, 1.82) is 0 Å². The maximum absolute atomic E-state index is 13.1. The van der Waals surface area contributed by atoms with E-state index in [1.165, 1.54) is 7.11 Å². The molecule has 0 radical (unpaired) electrons. The number of esters is 1. The lowest BCUT2D eigenvalue weighted by atomic mass is 9.96. The standard InChI is InChI=1S/C25H25NO6/c1-29-22-12-15(13-23(30-2)24(22)31-3)19-14-17(16-8-4-5-9-18(16)26-19)25(28)32-21-11-7-6-10-20(21)27/h4-5,8-9,12-14,21H,6-7,10-11H2,1-3H3/t21-/m0/s1. The van der Waals surface area contributed by atoms with Crippen LogP contribution in [0.25, 0.3) is 22.2 Å². The number of benzene rings is 2. The second-order valence-corrected chi connectivity index (χ2v) is 7.59. The molecule has 0 spiro atoms. The minimum Gasteiger partial charge on any atom is -0.493 e. The van der Waals surface area contributed by atoms with Crippen LogP contribution in [0.3, 0.4) is 0 Å². The predicted octanol–water partition coefficient (Wildman–Crippen LogP) is 4.60. The topological polar surface area (TPSA) is 84.0 Å². The van der Waals surface area contributed by atoms with Crippen LogP contribution >= 0.6 is 0 Å². The Morgan fingerprint density at radius 2 is 1.69 bits per heavy atom. The number of ketones is 1. The van der Waals surface area contributed by atoms with Gasteiger partial charge in [0.15, 0.2) is 23.4 Å². The number of fused-ring (bicyclic) bond motifs is 1. The molecule has 0 amide bonds. The number of hydrogen-bond acceptors (Lipinski definition) is 7. The highest BCUT2D eigenvalue weighted by Gasteiger charge is 2.27. The molecule has 166 valence electrons. The molecule has 1 fully saturated rings. The number of carbonyl (C=O) groups excluding carboxylic acids is 2. The van der Waals surface area contributed by atoms with Gasteiger partial charge in [0, 0.05) is 17.4 Å². The number of carbonyl (C=O) groups is 2. The normalized spacial score (nSPS) is 16.0. The van der Waals surface area contributed by atoms with Gasteiger partial charge in [0.05, 0.1) is 38.1 Å². The number of rotatable bonds is 6. The molecule has 1 aromatic heterocycles. The molecule has 1 heterocycles. The molecule has 0 unspecified atom stereocenters. The summed E-state index contributed by atoms with van der Waals surface area (Å²) >= 11 is 0. The molecule has 0 N–H and O–H groups in total. The lowest BCUT2D eigenvalue weighted by molar-refractivity contribution is -0.129. The number of para-hydroxylation sites is 1. The van der Waals surface area contributed by atoms with Crippen molar-refractivity contribution in [3.05, 3.63) is 48.0 Å². The molecule has 3 aromatic rings. The Balaban J connectivity index is 1.81. The largest absolute Gasteiger partial charge is 0.493 e. The average molecular weight is 435 g/mol. The Morgan fingerprint density at radius 3 is 2.34 bits per heavy atom. The van der Waals surface area contributed by atoms with Gasteiger partial charge in [-0.3, -0.25) is 4.79 Å². The molecule has 1 aliphatic carbocycles. The molecule has 1 atom stereocenters. The first-order chi connectivity index (χ1) is 15.5. The third kappa shape index (κ3) is 4.10. The summed E-state index contributed by atoms with van der Waals surface area (Å²) in [6, 6.07) is 12.6. The molecular weight excluding hydrogens is 410 g/mol. The zero-order chi connectivity index (χ0) is 22.7. The van der Waals surface area contributed by atoms with E-state index in [0.29, 0.717) is 57.8 Å². The third-order valence-corrected chi connectivity index (χ3v) is 5.64. The molecule has 0 aliphatic heterocycles. The lowest BCUT2D eigenvalue weighted by Gasteiger charge is -2.21. The number of methoxy groups -OCH3 is 3. The molecule has 7 nitrogen and oxygen atoms in total. The molecule has 32 heavy (non-hydrogen) atoms. The quantitative estimate of drug-likeness (QED) is 0.523. The van der Waals surface area contributed by atoms with Crippen molar-refractivity contribution in [2.24, 2.45) is 0 Å². The number of pyridine rings is 1. The molecule has 1 aliphatic rings. The summed E-state index contributed by atoms with van der Waals surface area (Å²) in [6.07, 6.45) is 2.04. The van der Waals surface area contributed by atoms with E-state index in [2.05, 4.69) is 0 Å². The fourth-order valence-electron chi connectivity index (χ4n) is 3.99. The Labute approximate surface area is 186 Å². The average Bonchev–Trinajstić information content (AvgIpc) is 2.83. The predicted molar refractivity (Wildman–Crippen MR) is 120 cm³/mol. The Bertz CT molecular complexity index is 1150. The molecule has 2 aromatic carbocycles. The van der Waals surface area contributed by atoms with Gasteiger partial charge in [-0.05, 0) is 43.5 Å². The second kappa shape index (κ2) is 9.26. The maximum Gasteiger partial charge on any atom is 0.339 e. The van der Waals surface area contributed by atoms with E-state index >= 15 is 0 Å². The first kappa shape index (κ1) is 21.6. The van der Waals surface area contributed by atoms with E-state index in [0.717, 1.165) is 12.8 Å². The minimum absolute atomic E-state index is 0.0205. The van der Waals surface area contributed by atoms with Crippen molar-refractivity contribution in [3.63, 3.8) is 0 Å². The summed E-state index contributed by atoms with van der Waals surface area (Å²) in [4.78, 5) is 30.0. The number of ether oxygens (including phenoxy) is 4. The van der Waals surface area contributed by atoms with Crippen LogP contribution in [0, 0.1) is 0 Å². The van der Waals surface area contributed by atoms with Gasteiger partial charge < -0.3 is 18.9 Å². The van der Waals surface area contributed by atoms with Gasteiger partial charge in [-0.25, -0.2) is 9.78 Å². The number of nitrogens with zero attached hydrogens (tertiary/aromatic N) is 1. The Kier molecular flexibility index (Phi) is 6.25. The van der Waals surface area contributed by atoms with Crippen molar-refractivity contribution in [3.8, 4) is 28.5 Å². The molecule has 4 rings (SSSR count). The second-order valence-electron chi connectivity index (χ2n) is 7.59. The monoisotopic (exact) mass is 435 g/mol. The van der Waals surface area contributed by atoms with Crippen LogP contribution < -0.4 is 14.2 Å². The minimum atomic E-state index is -0.687. The van der Waals surface area contributed by atoms with Gasteiger partial charge in [0.25, 0.3) is 0 Å². The van der Waals surface area contributed by atoms with Gasteiger partial charge in [0.1, 0.15) is 0 Å². The van der Waals surface area contributed by atoms with Crippen molar-refractivity contribution in [2.45, 2.75) is 31.8 Å². The smallest absolute Gasteiger partial charge is 0.339 e. The maximum atomic E-state index is 13.1. The van der Waals surface area contributed by atoms with Crippen LogP contribution in [0.2, 0.25) is 0 Å². The molecular formula is C25H25NO6. The van der Waals surface area contributed by atoms with Gasteiger partial charge in [-0.2, -0.15) is 0 Å². The Hall–Kier alpha value is -3.61. The van der Waals surface area contributed by atoms with Crippen LogP contribution in [0.5, 0.6) is 17.2 Å². The number of Topliss-reactive ketones (excluding diaryl/α,β-unsaturated/α-hetero) is 1. The number of hydrogen-bond donors (Lipinski definition) is 0. The van der Waals surface area contributed by atoms with Gasteiger partial charge in [0.2, 0.25) is 5.75 Å². The SMILES string of the molecule is COc1cc(-c2cc(C(=O)O[C@H]3CCCCC3=O)c3ccccc3n2)cc(OC)c1OC. The van der Waals surface area contributed by atoms with Crippen molar-refractivity contribution in [2.75, 3.05) is 21.3 Å². The summed E-state index contributed by atoms with van der Waals surface area (Å²) in [5, 5.41) is 0.664. The van der Waals surface area contributed by atoms with Crippen LogP contribution in [-0.4, -0.2) is 44.2 Å². The van der Waals surface area contributed by atoms with E-state index < -0.39 is 12.1 Å². The molecule has 1 saturated carbocycles. The Morgan fingerprint density at radius 1 is 0.969 bits per heavy atom. The highest BCUT2D eigenvalue weighted by atomic mass is 16.5. The highest BCUT2D eigenvalue weighted by molar-refractivity contribution is 6.05. The van der Waals surface area contributed by atoms with E-state index in [1.807, 2.05) is 24.3 Å². The fraction of sp³-hybridized carbons (Fsp3) is 0.320. The van der Waals surface area contributed by atoms with E-state index in [9.17, 15) is 9.59 Å². The summed E-state index contributed by atoms with van der Waals surface area (Å²) in [5.74, 6) is 0.878. The fourth-order valence-corrected chi connectivity index (χ4v) is 3.99. The zero-order valence-corrected chi connectivity index (χ0v) is 18.3. The first-order valence-corrected chi connectivity index (χ1v) is 10.5. The van der Waals surface area contributed by atoms with Crippen LogP contribution in [-0.2, 0) is 9.53 Å². The third-order valence-electron chi connectivity index (χ3n) is 5.64. The molecule has 0 bridgehead atoms. The van der Waals surface area contributed by atoms with Crippen LogP contribution in [0.15, 0.2) is 42.5 Å². The van der Waals surface area contributed by atoms with E-state index in [-0.39, 0.29) is 5.78 Å². The summed E-state index contributed by atoms with van der Waals surface area (Å²) < 4.78 is 21.9. The summed E-state index contributed by atoms with van der Waals surface area (Å²) in [6.45, 7) is 0. The van der Waals surface area contributed by atoms with Gasteiger partial charge in [-0.15, -0.1) is 0 Å². The lowest BCUT2D eigenvalue weighted by Crippen LogP contribution is -2.30. The van der Waals surface area contributed by atoms with Crippen LogP contribution in [0.1, 0.15) is 36.0 Å². The zero-order valence-electron chi connectivity index (χ0n) is 18.3. The number of aromatic nitrogens is 1. The first-order valence-electron chi connectivity index (χ1n) is 10.5. The van der Waals surface area contributed by atoms with E-state index in [1.54, 1.807) is 32.4 Å². The van der Waals surface area contributed by atoms with Gasteiger partial charge >= 0.3 is 5.97 Å². The van der Waals surface area contributed by atoms with E-state index in [4.69, 9.17) is 23.9 Å². The van der Waals surface area contributed by atoms with Crippen molar-refractivity contribution >= 4 is 22.7 Å². The summed E-state index contributed by atoms with van der Waals surface area (Å²) in [7, 11) is 4.62. The molecule has 0 saturated heterocycles. The van der Waals surface area contributed by atoms with Crippen molar-refractivity contribution in [1.82, 2.24) is 4.98 Å². The summed E-state index contributed by atoms with van der Waals surface area (Å²) in [5.41, 5.74) is 2.23. The molecule has 7 heteroatoms.